The fourth-order valence-electron chi connectivity index (χ4n) is 2.94. The van der Waals surface area contributed by atoms with E-state index in [0.29, 0.717) is 56.4 Å². The van der Waals surface area contributed by atoms with E-state index in [-0.39, 0.29) is 24.2 Å². The Morgan fingerprint density at radius 1 is 1.19 bits per heavy atom. The highest BCUT2D eigenvalue weighted by molar-refractivity contribution is 5.77. The first kappa shape index (κ1) is 18.9. The van der Waals surface area contributed by atoms with Crippen LogP contribution in [0.15, 0.2) is 34.9 Å². The van der Waals surface area contributed by atoms with Crippen LogP contribution >= 0.6 is 0 Å². The second kappa shape index (κ2) is 8.66. The molecule has 1 aliphatic heterocycles. The van der Waals surface area contributed by atoms with Crippen molar-refractivity contribution in [1.82, 2.24) is 14.8 Å². The van der Waals surface area contributed by atoms with Crippen LogP contribution < -0.4 is 0 Å². The van der Waals surface area contributed by atoms with E-state index in [4.69, 9.17) is 9.15 Å². The Morgan fingerprint density at radius 2 is 1.89 bits per heavy atom. The number of ether oxygens (including phenoxy) is 1. The van der Waals surface area contributed by atoms with Crippen LogP contribution in [0.2, 0.25) is 0 Å². The van der Waals surface area contributed by atoms with Crippen LogP contribution in [0.5, 0.6) is 0 Å². The van der Waals surface area contributed by atoms with Crippen LogP contribution in [0.25, 0.3) is 11.3 Å². The molecular formula is C19H22FN3O4. The molecule has 144 valence electrons. The van der Waals surface area contributed by atoms with Gasteiger partial charge in [-0.3, -0.25) is 4.79 Å². The average Bonchev–Trinajstić information content (AvgIpc) is 3.15. The van der Waals surface area contributed by atoms with Gasteiger partial charge >= 0.3 is 6.09 Å². The van der Waals surface area contributed by atoms with Gasteiger partial charge in [0.2, 0.25) is 5.91 Å². The quantitative estimate of drug-likeness (QED) is 0.803. The number of hydrogen-bond donors (Lipinski definition) is 0. The highest BCUT2D eigenvalue weighted by atomic mass is 19.1. The Balaban J connectivity index is 1.49. The van der Waals surface area contributed by atoms with Gasteiger partial charge in [0, 0.05) is 39.0 Å². The molecular weight excluding hydrogens is 353 g/mol. The van der Waals surface area contributed by atoms with Gasteiger partial charge in [-0.1, -0.05) is 12.1 Å². The summed E-state index contributed by atoms with van der Waals surface area (Å²) < 4.78 is 24.3. The number of carbonyl (C=O) groups excluding carboxylic acids is 2. The first-order chi connectivity index (χ1) is 13.1. The lowest BCUT2D eigenvalue weighted by Crippen LogP contribution is -2.50. The molecule has 1 saturated heterocycles. The molecule has 0 N–H and O–H groups in total. The number of benzene rings is 1. The van der Waals surface area contributed by atoms with E-state index in [2.05, 4.69) is 4.98 Å². The number of rotatable bonds is 5. The van der Waals surface area contributed by atoms with Gasteiger partial charge in [-0.05, 0) is 19.1 Å². The molecule has 1 aromatic carbocycles. The van der Waals surface area contributed by atoms with Gasteiger partial charge < -0.3 is 19.0 Å². The fourth-order valence-corrected chi connectivity index (χ4v) is 2.94. The zero-order chi connectivity index (χ0) is 19.2. The third kappa shape index (κ3) is 4.64. The second-order valence-electron chi connectivity index (χ2n) is 6.16. The lowest BCUT2D eigenvalue weighted by atomic mass is 10.2. The van der Waals surface area contributed by atoms with Gasteiger partial charge in [0.05, 0.1) is 18.4 Å². The number of hydrogen-bond acceptors (Lipinski definition) is 5. The molecule has 1 fully saturated rings. The maximum atomic E-state index is 13.8. The van der Waals surface area contributed by atoms with Gasteiger partial charge in [0.1, 0.15) is 5.82 Å². The van der Waals surface area contributed by atoms with Crippen molar-refractivity contribution in [3.63, 3.8) is 0 Å². The van der Waals surface area contributed by atoms with E-state index in [1.54, 1.807) is 34.9 Å². The number of piperazine rings is 1. The molecule has 3 rings (SSSR count). The summed E-state index contributed by atoms with van der Waals surface area (Å²) in [7, 11) is 0. The first-order valence-corrected chi connectivity index (χ1v) is 8.97. The zero-order valence-electron chi connectivity index (χ0n) is 15.2. The third-order valence-electron chi connectivity index (χ3n) is 4.40. The van der Waals surface area contributed by atoms with Crippen LogP contribution in [-0.4, -0.2) is 59.6 Å². The van der Waals surface area contributed by atoms with Crippen molar-refractivity contribution in [1.29, 1.82) is 0 Å². The largest absolute Gasteiger partial charge is 0.450 e. The van der Waals surface area contributed by atoms with Crippen molar-refractivity contribution < 1.29 is 23.1 Å². The molecule has 0 radical (unpaired) electrons. The number of nitrogens with zero attached hydrogens (tertiary/aromatic N) is 3. The minimum Gasteiger partial charge on any atom is -0.450 e. The third-order valence-corrected chi connectivity index (χ3v) is 4.40. The van der Waals surface area contributed by atoms with Crippen LogP contribution in [0.4, 0.5) is 9.18 Å². The highest BCUT2D eigenvalue weighted by Crippen LogP contribution is 2.23. The van der Waals surface area contributed by atoms with Crippen molar-refractivity contribution in [2.75, 3.05) is 32.8 Å². The van der Waals surface area contributed by atoms with E-state index in [1.165, 1.54) is 12.3 Å². The summed E-state index contributed by atoms with van der Waals surface area (Å²) in [5.74, 6) is 0.338. The Hall–Kier alpha value is -2.90. The maximum absolute atomic E-state index is 13.8. The van der Waals surface area contributed by atoms with Crippen molar-refractivity contribution >= 4 is 12.0 Å². The summed E-state index contributed by atoms with van der Waals surface area (Å²) >= 11 is 0. The maximum Gasteiger partial charge on any atom is 0.409 e. The number of halogens is 1. The first-order valence-electron chi connectivity index (χ1n) is 8.97. The minimum atomic E-state index is -0.379. The summed E-state index contributed by atoms with van der Waals surface area (Å²) in [6.07, 6.45) is 1.71. The molecule has 0 atom stereocenters. The molecule has 7 nitrogen and oxygen atoms in total. The molecule has 8 heteroatoms. The van der Waals surface area contributed by atoms with Crippen molar-refractivity contribution in [3.05, 3.63) is 42.2 Å². The average molecular weight is 375 g/mol. The van der Waals surface area contributed by atoms with E-state index < -0.39 is 0 Å². The molecule has 1 aliphatic rings. The molecule has 2 amide bonds. The summed E-state index contributed by atoms with van der Waals surface area (Å²) in [6, 6.07) is 6.31. The van der Waals surface area contributed by atoms with Gasteiger partial charge in [-0.15, -0.1) is 0 Å². The number of aryl methyl sites for hydroxylation is 1. The Kier molecular flexibility index (Phi) is 6.05. The zero-order valence-corrected chi connectivity index (χ0v) is 15.2. The van der Waals surface area contributed by atoms with E-state index in [9.17, 15) is 14.0 Å². The molecule has 1 aromatic heterocycles. The normalized spacial score (nSPS) is 14.3. The lowest BCUT2D eigenvalue weighted by Gasteiger charge is -2.34. The van der Waals surface area contributed by atoms with Gasteiger partial charge in [0.25, 0.3) is 0 Å². The SMILES string of the molecule is CCOC(=O)N1CCN(C(=O)CCc2ncc(-c3ccccc3F)o2)CC1. The summed E-state index contributed by atoms with van der Waals surface area (Å²) in [6.45, 7) is 3.97. The topological polar surface area (TPSA) is 75.9 Å². The Bertz CT molecular complexity index is 800. The molecule has 0 spiro atoms. The smallest absolute Gasteiger partial charge is 0.409 e. The van der Waals surface area contributed by atoms with Gasteiger partial charge in [-0.2, -0.15) is 0 Å². The number of aromatic nitrogens is 1. The number of amides is 2. The van der Waals surface area contributed by atoms with Crippen LogP contribution in [0.1, 0.15) is 19.2 Å². The monoisotopic (exact) mass is 375 g/mol. The van der Waals surface area contributed by atoms with Gasteiger partial charge in [0.15, 0.2) is 11.7 Å². The molecule has 0 bridgehead atoms. The van der Waals surface area contributed by atoms with Crippen molar-refractivity contribution in [2.24, 2.45) is 0 Å². The summed E-state index contributed by atoms with van der Waals surface area (Å²) in [4.78, 5) is 31.5. The summed E-state index contributed by atoms with van der Waals surface area (Å²) in [5.41, 5.74) is 0.345. The predicted molar refractivity (Wildman–Crippen MR) is 95.4 cm³/mol. The lowest BCUT2D eigenvalue weighted by molar-refractivity contribution is -0.132. The standard InChI is InChI=1S/C19H22FN3O4/c1-2-26-19(25)23-11-9-22(10-12-23)18(24)8-7-17-21-13-16(27-17)14-5-3-4-6-15(14)20/h3-6,13H,2,7-12H2,1H3. The predicted octanol–water partition coefficient (Wildman–Crippen LogP) is 2.71. The van der Waals surface area contributed by atoms with Crippen LogP contribution in [-0.2, 0) is 16.0 Å². The Morgan fingerprint density at radius 3 is 2.59 bits per heavy atom. The molecule has 0 unspecified atom stereocenters. The van der Waals surface area contributed by atoms with Crippen molar-refractivity contribution in [2.45, 2.75) is 19.8 Å². The molecule has 2 heterocycles. The molecule has 0 saturated carbocycles. The van der Waals surface area contributed by atoms with Gasteiger partial charge in [-0.25, -0.2) is 14.2 Å². The molecule has 0 aliphatic carbocycles. The van der Waals surface area contributed by atoms with Crippen LogP contribution in [0.3, 0.4) is 0 Å². The van der Waals surface area contributed by atoms with E-state index in [1.807, 2.05) is 0 Å². The highest BCUT2D eigenvalue weighted by Gasteiger charge is 2.24. The fraction of sp³-hybridized carbons (Fsp3) is 0.421. The Labute approximate surface area is 156 Å². The number of oxazole rings is 1. The summed E-state index contributed by atoms with van der Waals surface area (Å²) in [5, 5.41) is 0. The van der Waals surface area contributed by atoms with Crippen molar-refractivity contribution in [3.8, 4) is 11.3 Å². The molecule has 2 aromatic rings. The van der Waals surface area contributed by atoms with Crippen LogP contribution in [0, 0.1) is 5.82 Å². The van der Waals surface area contributed by atoms with E-state index >= 15 is 0 Å². The van der Waals surface area contributed by atoms with E-state index in [0.717, 1.165) is 0 Å². The number of carbonyl (C=O) groups is 2. The second-order valence-corrected chi connectivity index (χ2v) is 6.16. The minimum absolute atomic E-state index is 0.0239. The molecule has 27 heavy (non-hydrogen) atoms.